The van der Waals surface area contributed by atoms with Crippen LogP contribution in [0.4, 0.5) is 18.9 Å². The van der Waals surface area contributed by atoms with E-state index in [0.29, 0.717) is 36.0 Å². The van der Waals surface area contributed by atoms with Gasteiger partial charge >= 0.3 is 6.18 Å². The summed E-state index contributed by atoms with van der Waals surface area (Å²) in [5.74, 6) is 0.436. The number of methoxy groups -OCH3 is 1. The van der Waals surface area contributed by atoms with Crippen molar-refractivity contribution in [2.24, 2.45) is 0 Å². The standard InChI is InChI=1S/C21H21ClF3N3O/c1-29-20-6-3-15(21(23,24)25)11-14(20)13-26-8-2-9-27-18-7-10-28-19-12-16(22)4-5-17(18)19/h3-7,10-12,26H,2,8-9,13H2,1H3,(H,27,28). The summed E-state index contributed by atoms with van der Waals surface area (Å²) in [6.45, 7) is 1.64. The fraction of sp³-hybridized carbons (Fsp3) is 0.286. The Kier molecular flexibility index (Phi) is 6.82. The number of aromatic nitrogens is 1. The zero-order chi connectivity index (χ0) is 20.9. The number of pyridine rings is 1. The number of rotatable bonds is 8. The highest BCUT2D eigenvalue weighted by atomic mass is 35.5. The minimum absolute atomic E-state index is 0.295. The van der Waals surface area contributed by atoms with E-state index in [1.807, 2.05) is 24.3 Å². The first-order valence-electron chi connectivity index (χ1n) is 9.11. The van der Waals surface area contributed by atoms with Crippen LogP contribution in [0.3, 0.4) is 0 Å². The topological polar surface area (TPSA) is 46.2 Å². The van der Waals surface area contributed by atoms with Gasteiger partial charge in [0.25, 0.3) is 0 Å². The SMILES string of the molecule is COc1ccc(C(F)(F)F)cc1CNCCCNc1ccnc2cc(Cl)ccc12. The predicted octanol–water partition coefficient (Wildman–Crippen LogP) is 5.51. The van der Waals surface area contributed by atoms with Crippen LogP contribution in [0.2, 0.25) is 5.02 Å². The molecule has 3 aromatic rings. The third-order valence-corrected chi connectivity index (χ3v) is 4.71. The molecule has 0 amide bonds. The number of hydrogen-bond donors (Lipinski definition) is 2. The minimum atomic E-state index is -4.37. The van der Waals surface area contributed by atoms with Gasteiger partial charge in [0.1, 0.15) is 5.75 Å². The lowest BCUT2D eigenvalue weighted by Crippen LogP contribution is -2.18. The van der Waals surface area contributed by atoms with Gasteiger partial charge in [-0.05, 0) is 55.4 Å². The number of alkyl halides is 3. The maximum absolute atomic E-state index is 12.9. The van der Waals surface area contributed by atoms with Crippen LogP contribution < -0.4 is 15.4 Å². The van der Waals surface area contributed by atoms with Crippen molar-refractivity contribution in [3.63, 3.8) is 0 Å². The summed E-state index contributed by atoms with van der Waals surface area (Å²) < 4.78 is 43.9. The average molecular weight is 424 g/mol. The highest BCUT2D eigenvalue weighted by Gasteiger charge is 2.31. The maximum atomic E-state index is 12.9. The second-order valence-electron chi connectivity index (χ2n) is 6.50. The van der Waals surface area contributed by atoms with E-state index < -0.39 is 11.7 Å². The lowest BCUT2D eigenvalue weighted by atomic mass is 10.1. The molecule has 0 saturated heterocycles. The Bertz CT molecular complexity index is 979. The van der Waals surface area contributed by atoms with E-state index in [9.17, 15) is 13.2 Å². The van der Waals surface area contributed by atoms with Crippen LogP contribution in [0.25, 0.3) is 10.9 Å². The maximum Gasteiger partial charge on any atom is 0.416 e. The summed E-state index contributed by atoms with van der Waals surface area (Å²) in [5, 5.41) is 8.15. The highest BCUT2D eigenvalue weighted by Crippen LogP contribution is 2.32. The molecule has 3 rings (SSSR count). The number of halogens is 4. The molecule has 1 heterocycles. The van der Waals surface area contributed by atoms with Gasteiger partial charge in [-0.15, -0.1) is 0 Å². The molecule has 0 bridgehead atoms. The molecule has 154 valence electrons. The third-order valence-electron chi connectivity index (χ3n) is 4.47. The lowest BCUT2D eigenvalue weighted by molar-refractivity contribution is -0.137. The quantitative estimate of drug-likeness (QED) is 0.469. The second kappa shape index (κ2) is 9.33. The normalized spacial score (nSPS) is 11.6. The molecule has 2 N–H and O–H groups in total. The van der Waals surface area contributed by atoms with Gasteiger partial charge < -0.3 is 15.4 Å². The zero-order valence-electron chi connectivity index (χ0n) is 15.8. The predicted molar refractivity (Wildman–Crippen MR) is 110 cm³/mol. The summed E-state index contributed by atoms with van der Waals surface area (Å²) in [4.78, 5) is 4.31. The van der Waals surface area contributed by atoms with Crippen LogP contribution in [0, 0.1) is 0 Å². The Morgan fingerprint density at radius 3 is 2.66 bits per heavy atom. The molecular weight excluding hydrogens is 403 g/mol. The first kappa shape index (κ1) is 21.2. The van der Waals surface area contributed by atoms with Crippen molar-refractivity contribution in [1.29, 1.82) is 0 Å². The number of benzene rings is 2. The van der Waals surface area contributed by atoms with Gasteiger partial charge in [-0.3, -0.25) is 4.98 Å². The number of anilines is 1. The third kappa shape index (κ3) is 5.52. The summed E-state index contributed by atoms with van der Waals surface area (Å²) >= 11 is 6.00. The van der Waals surface area contributed by atoms with Gasteiger partial charge in [0.15, 0.2) is 0 Å². The summed E-state index contributed by atoms with van der Waals surface area (Å²) in [6, 6.07) is 11.0. The molecular formula is C21H21ClF3N3O. The van der Waals surface area contributed by atoms with E-state index in [1.54, 1.807) is 6.20 Å². The Balaban J connectivity index is 1.51. The molecule has 0 atom stereocenters. The van der Waals surface area contributed by atoms with Crippen molar-refractivity contribution in [2.45, 2.75) is 19.1 Å². The van der Waals surface area contributed by atoms with E-state index in [2.05, 4.69) is 15.6 Å². The molecule has 0 fully saturated rings. The molecule has 0 aliphatic rings. The molecule has 0 saturated carbocycles. The Labute approximate surface area is 172 Å². The van der Waals surface area contributed by atoms with E-state index >= 15 is 0 Å². The smallest absolute Gasteiger partial charge is 0.416 e. The van der Waals surface area contributed by atoms with Crippen LogP contribution in [-0.4, -0.2) is 25.2 Å². The first-order valence-corrected chi connectivity index (χ1v) is 9.49. The molecule has 29 heavy (non-hydrogen) atoms. The van der Waals surface area contributed by atoms with Gasteiger partial charge in [0.2, 0.25) is 0 Å². The van der Waals surface area contributed by atoms with Crippen LogP contribution >= 0.6 is 11.6 Å². The Morgan fingerprint density at radius 1 is 1.07 bits per heavy atom. The van der Waals surface area contributed by atoms with Crippen molar-refractivity contribution >= 4 is 28.2 Å². The number of nitrogens with zero attached hydrogens (tertiary/aromatic N) is 1. The fourth-order valence-corrected chi connectivity index (χ4v) is 3.19. The van der Waals surface area contributed by atoms with E-state index in [1.165, 1.54) is 13.2 Å². The Hall–Kier alpha value is -2.51. The highest BCUT2D eigenvalue weighted by molar-refractivity contribution is 6.31. The van der Waals surface area contributed by atoms with Gasteiger partial charge in [0.05, 0.1) is 18.2 Å². The Morgan fingerprint density at radius 2 is 1.90 bits per heavy atom. The monoisotopic (exact) mass is 423 g/mol. The lowest BCUT2D eigenvalue weighted by Gasteiger charge is -2.14. The van der Waals surface area contributed by atoms with Crippen LogP contribution in [0.5, 0.6) is 5.75 Å². The molecule has 0 spiro atoms. The van der Waals surface area contributed by atoms with Gasteiger partial charge in [-0.25, -0.2) is 0 Å². The summed E-state index contributed by atoms with van der Waals surface area (Å²) in [7, 11) is 1.45. The molecule has 0 radical (unpaired) electrons. The van der Waals surface area contributed by atoms with Crippen LogP contribution in [-0.2, 0) is 12.7 Å². The van der Waals surface area contributed by atoms with Crippen molar-refractivity contribution in [3.8, 4) is 5.75 Å². The zero-order valence-corrected chi connectivity index (χ0v) is 16.6. The summed E-state index contributed by atoms with van der Waals surface area (Å²) in [5.41, 5.74) is 1.58. The second-order valence-corrected chi connectivity index (χ2v) is 6.94. The fourth-order valence-electron chi connectivity index (χ4n) is 3.03. The van der Waals surface area contributed by atoms with Gasteiger partial charge in [0, 0.05) is 40.9 Å². The molecule has 2 aromatic carbocycles. The molecule has 0 aliphatic carbocycles. The van der Waals surface area contributed by atoms with Crippen molar-refractivity contribution in [2.75, 3.05) is 25.5 Å². The van der Waals surface area contributed by atoms with Crippen LogP contribution in [0.1, 0.15) is 17.5 Å². The molecule has 1 aromatic heterocycles. The van der Waals surface area contributed by atoms with E-state index in [4.69, 9.17) is 16.3 Å². The number of hydrogen-bond acceptors (Lipinski definition) is 4. The van der Waals surface area contributed by atoms with E-state index in [0.717, 1.165) is 35.1 Å². The number of fused-ring (bicyclic) bond motifs is 1. The molecule has 0 aliphatic heterocycles. The molecule has 8 heteroatoms. The first-order chi connectivity index (χ1) is 13.9. The van der Waals surface area contributed by atoms with Crippen molar-refractivity contribution in [3.05, 3.63) is 64.8 Å². The van der Waals surface area contributed by atoms with Crippen LogP contribution in [0.15, 0.2) is 48.7 Å². The van der Waals surface area contributed by atoms with E-state index in [-0.39, 0.29) is 0 Å². The largest absolute Gasteiger partial charge is 0.496 e. The van der Waals surface area contributed by atoms with Crippen molar-refractivity contribution in [1.82, 2.24) is 10.3 Å². The molecule has 0 unspecified atom stereocenters. The molecule has 4 nitrogen and oxygen atoms in total. The number of ether oxygens (including phenoxy) is 1. The number of nitrogens with one attached hydrogen (secondary N) is 2. The van der Waals surface area contributed by atoms with Gasteiger partial charge in [-0.2, -0.15) is 13.2 Å². The summed E-state index contributed by atoms with van der Waals surface area (Å²) in [6.07, 6.45) is -1.86. The van der Waals surface area contributed by atoms with Gasteiger partial charge in [-0.1, -0.05) is 11.6 Å². The minimum Gasteiger partial charge on any atom is -0.496 e. The average Bonchev–Trinajstić information content (AvgIpc) is 2.69. The van der Waals surface area contributed by atoms with Crippen molar-refractivity contribution < 1.29 is 17.9 Å².